The number of alkyl halides is 4. The number of ether oxygens (including phenoxy) is 1. The topological polar surface area (TPSA) is 9.23 Å². The third-order valence-electron chi connectivity index (χ3n) is 2.53. The fourth-order valence-electron chi connectivity index (χ4n) is 1.06. The molecule has 0 spiro atoms. The van der Waals surface area contributed by atoms with E-state index in [1.165, 1.54) is 27.7 Å². The standard InChI is InChI=1S/C11H20F4O/c1-7-9(5,6)10(12,13)11(14,15)16-8(2,3)4/h7H2,1-6H3. The van der Waals surface area contributed by atoms with Crippen LogP contribution in [0.4, 0.5) is 17.6 Å². The summed E-state index contributed by atoms with van der Waals surface area (Å²) in [5.41, 5.74) is -3.14. The lowest BCUT2D eigenvalue weighted by molar-refractivity contribution is -0.398. The van der Waals surface area contributed by atoms with Crippen LogP contribution < -0.4 is 0 Å². The van der Waals surface area contributed by atoms with Gasteiger partial charge in [-0.1, -0.05) is 20.8 Å². The average Bonchev–Trinajstić information content (AvgIpc) is 1.99. The van der Waals surface area contributed by atoms with Crippen molar-refractivity contribution >= 4 is 0 Å². The van der Waals surface area contributed by atoms with Gasteiger partial charge in [0.1, 0.15) is 0 Å². The van der Waals surface area contributed by atoms with Crippen LogP contribution in [0.5, 0.6) is 0 Å². The minimum Gasteiger partial charge on any atom is -0.310 e. The molecule has 1 nitrogen and oxygen atoms in total. The Morgan fingerprint density at radius 3 is 1.50 bits per heavy atom. The summed E-state index contributed by atoms with van der Waals surface area (Å²) in [5.74, 6) is -4.21. The molecule has 0 saturated heterocycles. The smallest absolute Gasteiger partial charge is 0.310 e. The summed E-state index contributed by atoms with van der Waals surface area (Å²) in [5, 5.41) is 0. The van der Waals surface area contributed by atoms with Crippen molar-refractivity contribution < 1.29 is 22.3 Å². The van der Waals surface area contributed by atoms with Crippen LogP contribution in [0.1, 0.15) is 48.0 Å². The van der Waals surface area contributed by atoms with E-state index in [4.69, 9.17) is 0 Å². The van der Waals surface area contributed by atoms with Crippen LogP contribution in [0, 0.1) is 5.41 Å². The molecular weight excluding hydrogens is 224 g/mol. The molecule has 0 aliphatic carbocycles. The van der Waals surface area contributed by atoms with E-state index in [-0.39, 0.29) is 6.42 Å². The maximum Gasteiger partial charge on any atom is 0.420 e. The second-order valence-electron chi connectivity index (χ2n) is 5.54. The van der Waals surface area contributed by atoms with Crippen molar-refractivity contribution in [3.63, 3.8) is 0 Å². The van der Waals surface area contributed by atoms with E-state index in [2.05, 4.69) is 4.74 Å². The molecule has 0 rings (SSSR count). The predicted molar refractivity (Wildman–Crippen MR) is 54.8 cm³/mol. The Hall–Kier alpha value is -0.320. The Bertz CT molecular complexity index is 241. The molecule has 0 heterocycles. The van der Waals surface area contributed by atoms with Gasteiger partial charge in [0.2, 0.25) is 0 Å². The summed E-state index contributed by atoms with van der Waals surface area (Å²) in [6.45, 7) is 7.60. The van der Waals surface area contributed by atoms with Crippen LogP contribution in [-0.4, -0.2) is 17.6 Å². The van der Waals surface area contributed by atoms with Gasteiger partial charge in [0.25, 0.3) is 0 Å². The molecule has 0 aromatic heterocycles. The molecule has 98 valence electrons. The van der Waals surface area contributed by atoms with Gasteiger partial charge in [-0.25, -0.2) is 0 Å². The largest absolute Gasteiger partial charge is 0.420 e. The molecule has 0 aromatic carbocycles. The minimum absolute atomic E-state index is 0.0664. The van der Waals surface area contributed by atoms with E-state index in [9.17, 15) is 17.6 Å². The molecule has 16 heavy (non-hydrogen) atoms. The Morgan fingerprint density at radius 1 is 0.875 bits per heavy atom. The van der Waals surface area contributed by atoms with Gasteiger partial charge >= 0.3 is 12.0 Å². The summed E-state index contributed by atoms with van der Waals surface area (Å²) < 4.78 is 58.3. The highest BCUT2D eigenvalue weighted by molar-refractivity contribution is 4.92. The molecule has 0 aliphatic rings. The van der Waals surface area contributed by atoms with Gasteiger partial charge in [0.05, 0.1) is 5.60 Å². The van der Waals surface area contributed by atoms with Crippen molar-refractivity contribution in [3.8, 4) is 0 Å². The van der Waals surface area contributed by atoms with Crippen molar-refractivity contribution in [1.29, 1.82) is 0 Å². The first-order chi connectivity index (χ1) is 6.77. The molecule has 0 atom stereocenters. The molecule has 0 unspecified atom stereocenters. The summed E-state index contributed by atoms with van der Waals surface area (Å²) in [6, 6.07) is 0. The van der Waals surface area contributed by atoms with Crippen molar-refractivity contribution in [2.75, 3.05) is 0 Å². The van der Waals surface area contributed by atoms with Crippen molar-refractivity contribution in [2.45, 2.75) is 65.6 Å². The molecule has 0 radical (unpaired) electrons. The molecule has 0 aromatic rings. The number of hydrogen-bond donors (Lipinski definition) is 0. The van der Waals surface area contributed by atoms with E-state index in [1.807, 2.05) is 0 Å². The first kappa shape index (κ1) is 15.7. The fraction of sp³-hybridized carbons (Fsp3) is 1.00. The number of halogens is 4. The lowest BCUT2D eigenvalue weighted by Crippen LogP contribution is -2.54. The van der Waals surface area contributed by atoms with Gasteiger partial charge in [-0.15, -0.1) is 0 Å². The van der Waals surface area contributed by atoms with Gasteiger partial charge in [-0.2, -0.15) is 17.6 Å². The molecule has 0 bridgehead atoms. The molecule has 0 amide bonds. The van der Waals surface area contributed by atoms with Crippen molar-refractivity contribution in [1.82, 2.24) is 0 Å². The Balaban J connectivity index is 5.14. The van der Waals surface area contributed by atoms with Gasteiger partial charge < -0.3 is 4.74 Å². The lowest BCUT2D eigenvalue weighted by atomic mass is 9.82. The van der Waals surface area contributed by atoms with Gasteiger partial charge in [0.15, 0.2) is 0 Å². The molecule has 0 fully saturated rings. The first-order valence-corrected chi connectivity index (χ1v) is 5.22. The molecular formula is C11H20F4O. The molecule has 5 heteroatoms. The zero-order chi connectivity index (χ0) is 13.4. The highest BCUT2D eigenvalue weighted by Crippen LogP contribution is 2.50. The molecule has 0 N–H and O–H groups in total. The van der Waals surface area contributed by atoms with E-state index in [0.717, 1.165) is 13.8 Å². The maximum atomic E-state index is 13.6. The molecule has 0 aliphatic heterocycles. The highest BCUT2D eigenvalue weighted by atomic mass is 19.3. The first-order valence-electron chi connectivity index (χ1n) is 5.22. The second kappa shape index (κ2) is 4.17. The number of rotatable bonds is 4. The van der Waals surface area contributed by atoms with E-state index in [1.54, 1.807) is 0 Å². The normalized spacial score (nSPS) is 15.4. The minimum atomic E-state index is -4.47. The van der Waals surface area contributed by atoms with Crippen LogP contribution in [-0.2, 0) is 4.74 Å². The third kappa shape index (κ3) is 3.09. The number of hydrogen-bond acceptors (Lipinski definition) is 1. The lowest BCUT2D eigenvalue weighted by Gasteiger charge is -2.40. The summed E-state index contributed by atoms with van der Waals surface area (Å²) in [4.78, 5) is 0. The van der Waals surface area contributed by atoms with Gasteiger partial charge in [-0.05, 0) is 27.2 Å². The van der Waals surface area contributed by atoms with E-state index in [0.29, 0.717) is 0 Å². The van der Waals surface area contributed by atoms with Crippen molar-refractivity contribution in [2.24, 2.45) is 5.41 Å². The van der Waals surface area contributed by atoms with E-state index >= 15 is 0 Å². The van der Waals surface area contributed by atoms with Crippen LogP contribution in [0.15, 0.2) is 0 Å². The van der Waals surface area contributed by atoms with Crippen LogP contribution >= 0.6 is 0 Å². The SMILES string of the molecule is CCC(C)(C)C(F)(F)C(F)(F)OC(C)(C)C. The maximum absolute atomic E-state index is 13.6. The summed E-state index contributed by atoms with van der Waals surface area (Å²) in [6.07, 6.45) is -4.53. The molecule has 0 saturated carbocycles. The van der Waals surface area contributed by atoms with E-state index < -0.39 is 23.0 Å². The monoisotopic (exact) mass is 244 g/mol. The third-order valence-corrected chi connectivity index (χ3v) is 2.53. The Labute approximate surface area is 94.2 Å². The van der Waals surface area contributed by atoms with Crippen LogP contribution in [0.2, 0.25) is 0 Å². The van der Waals surface area contributed by atoms with Crippen molar-refractivity contribution in [3.05, 3.63) is 0 Å². The highest BCUT2D eigenvalue weighted by Gasteiger charge is 2.66. The fourth-order valence-corrected chi connectivity index (χ4v) is 1.06. The second-order valence-corrected chi connectivity index (χ2v) is 5.54. The van der Waals surface area contributed by atoms with Gasteiger partial charge in [-0.3, -0.25) is 0 Å². The zero-order valence-electron chi connectivity index (χ0n) is 10.6. The zero-order valence-corrected chi connectivity index (χ0v) is 10.6. The summed E-state index contributed by atoms with van der Waals surface area (Å²) >= 11 is 0. The van der Waals surface area contributed by atoms with Crippen LogP contribution in [0.25, 0.3) is 0 Å². The Kier molecular flexibility index (Phi) is 4.08. The Morgan fingerprint density at radius 2 is 1.25 bits per heavy atom. The van der Waals surface area contributed by atoms with Crippen LogP contribution in [0.3, 0.4) is 0 Å². The van der Waals surface area contributed by atoms with Gasteiger partial charge in [0, 0.05) is 5.41 Å². The predicted octanol–water partition coefficient (Wildman–Crippen LogP) is 4.47. The summed E-state index contributed by atoms with van der Waals surface area (Å²) in [7, 11) is 0. The average molecular weight is 244 g/mol. The quantitative estimate of drug-likeness (QED) is 0.663.